The molecular formula is C15H22N2O4S. The van der Waals surface area contributed by atoms with E-state index in [0.717, 1.165) is 24.7 Å². The van der Waals surface area contributed by atoms with Crippen molar-refractivity contribution < 1.29 is 17.9 Å². The van der Waals surface area contributed by atoms with Crippen LogP contribution in [0.3, 0.4) is 0 Å². The molecule has 1 aromatic carbocycles. The van der Waals surface area contributed by atoms with Gasteiger partial charge in [0.1, 0.15) is 6.04 Å². The van der Waals surface area contributed by atoms with Crippen LogP contribution in [0.1, 0.15) is 24.8 Å². The molecule has 1 fully saturated rings. The van der Waals surface area contributed by atoms with E-state index in [1.165, 1.54) is 4.31 Å². The Kier molecular flexibility index (Phi) is 5.55. The molecule has 0 radical (unpaired) electrons. The minimum atomic E-state index is -3.38. The quantitative estimate of drug-likeness (QED) is 0.891. The molecule has 1 N–H and O–H groups in total. The zero-order valence-corrected chi connectivity index (χ0v) is 13.7. The van der Waals surface area contributed by atoms with E-state index in [1.807, 2.05) is 18.2 Å². The van der Waals surface area contributed by atoms with Gasteiger partial charge in [-0.15, -0.1) is 0 Å². The zero-order chi connectivity index (χ0) is 16.2. The van der Waals surface area contributed by atoms with Crippen LogP contribution in [0.15, 0.2) is 24.3 Å². The molecule has 1 aliphatic rings. The largest absolute Gasteiger partial charge is 0.380 e. The Morgan fingerprint density at radius 2 is 2.09 bits per heavy atom. The van der Waals surface area contributed by atoms with E-state index >= 15 is 0 Å². The number of ether oxygens (including phenoxy) is 1. The number of carbonyl (C=O) groups excluding carboxylic acids is 1. The van der Waals surface area contributed by atoms with Crippen molar-refractivity contribution in [2.75, 3.05) is 25.2 Å². The van der Waals surface area contributed by atoms with E-state index in [0.29, 0.717) is 25.3 Å². The van der Waals surface area contributed by atoms with E-state index in [2.05, 4.69) is 5.32 Å². The normalized spacial score (nSPS) is 19.8. The fraction of sp³-hybridized carbons (Fsp3) is 0.533. The summed E-state index contributed by atoms with van der Waals surface area (Å²) in [7, 11) is -1.80. The van der Waals surface area contributed by atoms with Gasteiger partial charge in [-0.1, -0.05) is 24.6 Å². The molecule has 0 unspecified atom stereocenters. The van der Waals surface area contributed by atoms with Crippen LogP contribution in [0.2, 0.25) is 0 Å². The molecule has 1 amide bonds. The highest BCUT2D eigenvalue weighted by atomic mass is 32.2. The second kappa shape index (κ2) is 7.21. The Morgan fingerprint density at radius 1 is 1.36 bits per heavy atom. The van der Waals surface area contributed by atoms with Gasteiger partial charge in [0.05, 0.1) is 12.9 Å². The first kappa shape index (κ1) is 16.9. The molecule has 0 aromatic heterocycles. The molecule has 1 atom stereocenters. The number of para-hydroxylation sites is 1. The lowest BCUT2D eigenvalue weighted by Gasteiger charge is -2.32. The van der Waals surface area contributed by atoms with Crippen molar-refractivity contribution in [3.05, 3.63) is 29.8 Å². The summed E-state index contributed by atoms with van der Waals surface area (Å²) < 4.78 is 30.1. The maximum absolute atomic E-state index is 12.5. The third-order valence-electron chi connectivity index (χ3n) is 3.76. The fourth-order valence-corrected chi connectivity index (χ4v) is 3.83. The van der Waals surface area contributed by atoms with Gasteiger partial charge in [-0.2, -0.15) is 4.31 Å². The molecule has 1 aliphatic heterocycles. The van der Waals surface area contributed by atoms with Gasteiger partial charge in [-0.3, -0.25) is 4.79 Å². The summed E-state index contributed by atoms with van der Waals surface area (Å²) in [4.78, 5) is 12.5. The summed E-state index contributed by atoms with van der Waals surface area (Å²) in [5, 5.41) is 2.84. The number of methoxy groups -OCH3 is 1. The van der Waals surface area contributed by atoms with Crippen LogP contribution in [-0.4, -0.2) is 44.6 Å². The maximum atomic E-state index is 12.5. The number of nitrogens with zero attached hydrogens (tertiary/aromatic N) is 1. The first-order valence-electron chi connectivity index (χ1n) is 7.28. The number of hydrogen-bond donors (Lipinski definition) is 1. The van der Waals surface area contributed by atoms with Crippen molar-refractivity contribution in [2.24, 2.45) is 0 Å². The standard InChI is InChI=1S/C15H22N2O4S/c1-21-11-12-7-3-4-8-13(12)16-15(18)14-9-5-6-10-17(14)22(2,19)20/h3-4,7-8,14H,5-6,9-11H2,1-2H3,(H,16,18)/t14-/m0/s1. The highest BCUT2D eigenvalue weighted by Crippen LogP contribution is 2.23. The monoisotopic (exact) mass is 326 g/mol. The average molecular weight is 326 g/mol. The number of benzene rings is 1. The maximum Gasteiger partial charge on any atom is 0.242 e. The van der Waals surface area contributed by atoms with Gasteiger partial charge < -0.3 is 10.1 Å². The van der Waals surface area contributed by atoms with Gasteiger partial charge in [-0.25, -0.2) is 8.42 Å². The molecule has 1 saturated heterocycles. The topological polar surface area (TPSA) is 75.7 Å². The van der Waals surface area contributed by atoms with E-state index < -0.39 is 16.1 Å². The lowest BCUT2D eigenvalue weighted by Crippen LogP contribution is -2.49. The predicted molar refractivity (Wildman–Crippen MR) is 85.0 cm³/mol. The lowest BCUT2D eigenvalue weighted by molar-refractivity contribution is -0.120. The summed E-state index contributed by atoms with van der Waals surface area (Å²) in [6, 6.07) is 6.71. The van der Waals surface area contributed by atoms with Crippen molar-refractivity contribution in [2.45, 2.75) is 31.9 Å². The minimum absolute atomic E-state index is 0.284. The number of sulfonamides is 1. The van der Waals surface area contributed by atoms with Gasteiger partial charge >= 0.3 is 0 Å². The summed E-state index contributed by atoms with van der Waals surface area (Å²) in [5.41, 5.74) is 1.52. The Hall–Kier alpha value is -1.44. The Labute approximate surface area is 131 Å². The van der Waals surface area contributed by atoms with E-state index in [9.17, 15) is 13.2 Å². The molecule has 122 valence electrons. The first-order valence-corrected chi connectivity index (χ1v) is 9.13. The van der Waals surface area contributed by atoms with Gasteiger partial charge in [0.2, 0.25) is 15.9 Å². The highest BCUT2D eigenvalue weighted by Gasteiger charge is 2.34. The molecule has 22 heavy (non-hydrogen) atoms. The molecule has 0 aliphatic carbocycles. The van der Waals surface area contributed by atoms with E-state index in [1.54, 1.807) is 13.2 Å². The average Bonchev–Trinajstić information content (AvgIpc) is 2.48. The van der Waals surface area contributed by atoms with Gasteiger partial charge in [-0.05, 0) is 18.9 Å². The lowest BCUT2D eigenvalue weighted by atomic mass is 10.0. The summed E-state index contributed by atoms with van der Waals surface area (Å²) in [6.45, 7) is 0.785. The van der Waals surface area contributed by atoms with Crippen LogP contribution in [0.4, 0.5) is 5.69 Å². The van der Waals surface area contributed by atoms with Crippen LogP contribution < -0.4 is 5.32 Å². The number of hydrogen-bond acceptors (Lipinski definition) is 4. The molecular weight excluding hydrogens is 304 g/mol. The van der Waals surface area contributed by atoms with Gasteiger partial charge in [0.15, 0.2) is 0 Å². The third kappa shape index (κ3) is 4.06. The number of rotatable bonds is 5. The molecule has 2 rings (SSSR count). The van der Waals surface area contributed by atoms with Gasteiger partial charge in [0.25, 0.3) is 0 Å². The number of carbonyl (C=O) groups is 1. The molecule has 0 bridgehead atoms. The molecule has 0 saturated carbocycles. The Bertz CT molecular complexity index is 630. The van der Waals surface area contributed by atoms with Crippen molar-refractivity contribution in [1.29, 1.82) is 0 Å². The van der Waals surface area contributed by atoms with Crippen LogP contribution >= 0.6 is 0 Å². The van der Waals surface area contributed by atoms with E-state index in [-0.39, 0.29) is 5.91 Å². The number of piperidine rings is 1. The Morgan fingerprint density at radius 3 is 2.77 bits per heavy atom. The molecule has 7 heteroatoms. The minimum Gasteiger partial charge on any atom is -0.380 e. The van der Waals surface area contributed by atoms with E-state index in [4.69, 9.17) is 4.74 Å². The summed E-state index contributed by atoms with van der Waals surface area (Å²) in [6.07, 6.45) is 3.34. The van der Waals surface area contributed by atoms with Crippen molar-refractivity contribution in [1.82, 2.24) is 4.31 Å². The highest BCUT2D eigenvalue weighted by molar-refractivity contribution is 7.88. The van der Waals surface area contributed by atoms with Crippen LogP contribution in [-0.2, 0) is 26.2 Å². The second-order valence-electron chi connectivity index (χ2n) is 5.46. The smallest absolute Gasteiger partial charge is 0.242 e. The van der Waals surface area contributed by atoms with Crippen molar-refractivity contribution in [3.8, 4) is 0 Å². The second-order valence-corrected chi connectivity index (χ2v) is 7.40. The van der Waals surface area contributed by atoms with Crippen molar-refractivity contribution in [3.63, 3.8) is 0 Å². The van der Waals surface area contributed by atoms with Crippen LogP contribution in [0.5, 0.6) is 0 Å². The number of amides is 1. The summed E-state index contributed by atoms with van der Waals surface area (Å²) in [5.74, 6) is -0.284. The molecule has 6 nitrogen and oxygen atoms in total. The fourth-order valence-electron chi connectivity index (χ4n) is 2.70. The number of nitrogens with one attached hydrogen (secondary N) is 1. The number of anilines is 1. The predicted octanol–water partition coefficient (Wildman–Crippen LogP) is 1.59. The molecule has 1 heterocycles. The third-order valence-corrected chi connectivity index (χ3v) is 5.05. The first-order chi connectivity index (χ1) is 10.4. The molecule has 1 aromatic rings. The van der Waals surface area contributed by atoms with Crippen LogP contribution in [0.25, 0.3) is 0 Å². The van der Waals surface area contributed by atoms with Crippen molar-refractivity contribution >= 4 is 21.6 Å². The SMILES string of the molecule is COCc1ccccc1NC(=O)[C@@H]1CCCCN1S(C)(=O)=O. The zero-order valence-electron chi connectivity index (χ0n) is 12.9. The summed E-state index contributed by atoms with van der Waals surface area (Å²) >= 11 is 0. The van der Waals surface area contributed by atoms with Crippen LogP contribution in [0, 0.1) is 0 Å². The van der Waals surface area contributed by atoms with Gasteiger partial charge in [0, 0.05) is 24.9 Å². The Balaban J connectivity index is 2.17. The molecule has 0 spiro atoms.